The molecule has 1 atom stereocenters. The molecule has 0 saturated carbocycles. The quantitative estimate of drug-likeness (QED) is 0.547. The largest absolute Gasteiger partial charge is 0.461 e. The van der Waals surface area contributed by atoms with E-state index in [-0.39, 0.29) is 0 Å². The highest BCUT2D eigenvalue weighted by Crippen LogP contribution is 2.11. The molecule has 0 bridgehead atoms. The molecule has 1 unspecified atom stereocenters. The molecule has 15 heavy (non-hydrogen) atoms. The van der Waals surface area contributed by atoms with E-state index in [1.54, 1.807) is 19.1 Å². The van der Waals surface area contributed by atoms with Crippen LogP contribution in [0.1, 0.15) is 6.92 Å². The molecule has 0 aliphatic rings. The van der Waals surface area contributed by atoms with E-state index in [4.69, 9.17) is 14.2 Å². The van der Waals surface area contributed by atoms with E-state index in [0.29, 0.717) is 12.4 Å². The molecule has 0 aromatic heterocycles. The summed E-state index contributed by atoms with van der Waals surface area (Å²) in [6.07, 6.45) is -1.01. The van der Waals surface area contributed by atoms with Crippen LogP contribution in [0.2, 0.25) is 0 Å². The fraction of sp³-hybridized carbons (Fsp3) is 0.364. The van der Waals surface area contributed by atoms with Crippen LogP contribution in [-0.4, -0.2) is 26.0 Å². The van der Waals surface area contributed by atoms with Crippen LogP contribution in [0.25, 0.3) is 0 Å². The maximum absolute atomic E-state index is 11.3. The van der Waals surface area contributed by atoms with Gasteiger partial charge in [0.15, 0.2) is 0 Å². The monoisotopic (exact) mass is 210 g/mol. The topological polar surface area (TPSA) is 44.8 Å². The van der Waals surface area contributed by atoms with E-state index in [9.17, 15) is 4.79 Å². The maximum atomic E-state index is 11.3. The number of carbonyl (C=O) groups excluding carboxylic acids is 1. The van der Waals surface area contributed by atoms with Crippen molar-refractivity contribution in [3.63, 3.8) is 0 Å². The number of para-hydroxylation sites is 1. The summed E-state index contributed by atoms with van der Waals surface area (Å²) < 4.78 is 14.9. The lowest BCUT2D eigenvalue weighted by Crippen LogP contribution is -2.31. The molecular formula is C11H14O4. The predicted octanol–water partition coefficient (Wildman–Crippen LogP) is 1.60. The summed E-state index contributed by atoms with van der Waals surface area (Å²) in [5, 5.41) is 0. The van der Waals surface area contributed by atoms with Gasteiger partial charge >= 0.3 is 5.97 Å². The van der Waals surface area contributed by atoms with Crippen molar-refractivity contribution >= 4 is 5.97 Å². The van der Waals surface area contributed by atoms with Crippen LogP contribution in [0.4, 0.5) is 0 Å². The van der Waals surface area contributed by atoms with Gasteiger partial charge in [0.25, 0.3) is 6.29 Å². The summed E-state index contributed by atoms with van der Waals surface area (Å²) in [6, 6.07) is 8.97. The number of methoxy groups -OCH3 is 1. The molecule has 0 radical (unpaired) electrons. The van der Waals surface area contributed by atoms with Gasteiger partial charge in [0, 0.05) is 7.11 Å². The number of rotatable bonds is 5. The van der Waals surface area contributed by atoms with Crippen molar-refractivity contribution in [2.45, 2.75) is 13.2 Å². The molecule has 0 aliphatic carbocycles. The third-order valence-corrected chi connectivity index (χ3v) is 1.68. The van der Waals surface area contributed by atoms with Gasteiger partial charge in [-0.15, -0.1) is 0 Å². The summed E-state index contributed by atoms with van der Waals surface area (Å²) in [5.41, 5.74) is 0. The van der Waals surface area contributed by atoms with E-state index in [2.05, 4.69) is 0 Å². The predicted molar refractivity (Wildman–Crippen MR) is 54.5 cm³/mol. The van der Waals surface area contributed by atoms with Gasteiger partial charge in [0.1, 0.15) is 5.75 Å². The van der Waals surface area contributed by atoms with Crippen molar-refractivity contribution < 1.29 is 19.0 Å². The van der Waals surface area contributed by atoms with Crippen molar-refractivity contribution in [2.75, 3.05) is 13.7 Å². The Hall–Kier alpha value is -1.55. The fourth-order valence-corrected chi connectivity index (χ4v) is 1.03. The second kappa shape index (κ2) is 6.03. The summed E-state index contributed by atoms with van der Waals surface area (Å²) in [4.78, 5) is 11.3. The average molecular weight is 210 g/mol. The van der Waals surface area contributed by atoms with E-state index in [1.807, 2.05) is 18.2 Å². The molecule has 1 rings (SSSR count). The molecular weight excluding hydrogens is 196 g/mol. The van der Waals surface area contributed by atoms with Crippen molar-refractivity contribution in [1.82, 2.24) is 0 Å². The van der Waals surface area contributed by atoms with Crippen LogP contribution in [0, 0.1) is 0 Å². The number of ether oxygens (including phenoxy) is 3. The minimum absolute atomic E-state index is 0.302. The maximum Gasteiger partial charge on any atom is 0.376 e. The number of carbonyl (C=O) groups is 1. The van der Waals surface area contributed by atoms with Gasteiger partial charge in [-0.1, -0.05) is 18.2 Å². The van der Waals surface area contributed by atoms with E-state index < -0.39 is 12.3 Å². The van der Waals surface area contributed by atoms with Crippen LogP contribution in [0.15, 0.2) is 30.3 Å². The smallest absolute Gasteiger partial charge is 0.376 e. The third-order valence-electron chi connectivity index (χ3n) is 1.68. The van der Waals surface area contributed by atoms with Crippen molar-refractivity contribution in [3.8, 4) is 5.75 Å². The second-order valence-electron chi connectivity index (χ2n) is 2.75. The van der Waals surface area contributed by atoms with Crippen molar-refractivity contribution in [2.24, 2.45) is 0 Å². The minimum atomic E-state index is -1.01. The molecule has 0 saturated heterocycles. The van der Waals surface area contributed by atoms with Gasteiger partial charge in [-0.05, 0) is 19.1 Å². The van der Waals surface area contributed by atoms with Gasteiger partial charge < -0.3 is 14.2 Å². The normalized spacial score (nSPS) is 11.9. The van der Waals surface area contributed by atoms with E-state index in [0.717, 1.165) is 0 Å². The molecule has 0 N–H and O–H groups in total. The zero-order valence-electron chi connectivity index (χ0n) is 8.80. The molecule has 0 heterocycles. The number of hydrogen-bond acceptors (Lipinski definition) is 4. The van der Waals surface area contributed by atoms with Crippen LogP contribution < -0.4 is 4.74 Å². The second-order valence-corrected chi connectivity index (χ2v) is 2.75. The first kappa shape index (κ1) is 11.5. The van der Waals surface area contributed by atoms with Gasteiger partial charge in [0.2, 0.25) is 0 Å². The Morgan fingerprint density at radius 2 is 2.00 bits per heavy atom. The Labute approximate surface area is 88.8 Å². The molecule has 0 amide bonds. The first-order valence-electron chi connectivity index (χ1n) is 4.69. The van der Waals surface area contributed by atoms with E-state index >= 15 is 0 Å². The zero-order valence-corrected chi connectivity index (χ0v) is 8.80. The summed E-state index contributed by atoms with van der Waals surface area (Å²) in [6.45, 7) is 2.03. The Kier molecular flexibility index (Phi) is 4.63. The Morgan fingerprint density at radius 3 is 2.53 bits per heavy atom. The lowest BCUT2D eigenvalue weighted by atomic mass is 10.3. The molecule has 0 spiro atoms. The first-order valence-corrected chi connectivity index (χ1v) is 4.69. The molecule has 82 valence electrons. The third kappa shape index (κ3) is 3.59. The summed E-state index contributed by atoms with van der Waals surface area (Å²) in [7, 11) is 1.39. The summed E-state index contributed by atoms with van der Waals surface area (Å²) >= 11 is 0. The highest BCUT2D eigenvalue weighted by molar-refractivity contribution is 5.73. The van der Waals surface area contributed by atoms with Crippen LogP contribution in [-0.2, 0) is 14.3 Å². The van der Waals surface area contributed by atoms with Crippen LogP contribution >= 0.6 is 0 Å². The van der Waals surface area contributed by atoms with Gasteiger partial charge in [-0.2, -0.15) is 0 Å². The van der Waals surface area contributed by atoms with Crippen LogP contribution in [0.3, 0.4) is 0 Å². The van der Waals surface area contributed by atoms with Gasteiger partial charge in [0.05, 0.1) is 6.61 Å². The molecule has 1 aromatic rings. The molecule has 0 aliphatic heterocycles. The van der Waals surface area contributed by atoms with Gasteiger partial charge in [-0.3, -0.25) is 0 Å². The lowest BCUT2D eigenvalue weighted by molar-refractivity contribution is -0.172. The minimum Gasteiger partial charge on any atom is -0.461 e. The standard InChI is InChI=1S/C11H14O4/c1-3-14-10(12)11(13-2)15-9-7-5-4-6-8-9/h4-8,11H,3H2,1-2H3. The van der Waals surface area contributed by atoms with Crippen LogP contribution in [0.5, 0.6) is 5.75 Å². The fourth-order valence-electron chi connectivity index (χ4n) is 1.03. The lowest BCUT2D eigenvalue weighted by Gasteiger charge is -2.15. The van der Waals surface area contributed by atoms with Gasteiger partial charge in [-0.25, -0.2) is 4.79 Å². The average Bonchev–Trinajstić information content (AvgIpc) is 2.27. The Balaban J connectivity index is 2.58. The molecule has 1 aromatic carbocycles. The number of hydrogen-bond donors (Lipinski definition) is 0. The molecule has 4 heteroatoms. The Morgan fingerprint density at radius 1 is 1.33 bits per heavy atom. The summed E-state index contributed by atoms with van der Waals surface area (Å²) in [5.74, 6) is 0.0428. The Bertz CT molecular complexity index is 297. The highest BCUT2D eigenvalue weighted by atomic mass is 16.7. The molecule has 0 fully saturated rings. The van der Waals surface area contributed by atoms with E-state index in [1.165, 1.54) is 7.11 Å². The molecule has 4 nitrogen and oxygen atoms in total. The highest BCUT2D eigenvalue weighted by Gasteiger charge is 2.20. The first-order chi connectivity index (χ1) is 7.27. The number of esters is 1. The van der Waals surface area contributed by atoms with Crippen molar-refractivity contribution in [1.29, 1.82) is 0 Å². The number of benzene rings is 1. The zero-order chi connectivity index (χ0) is 11.1. The van der Waals surface area contributed by atoms with Crippen molar-refractivity contribution in [3.05, 3.63) is 30.3 Å². The SMILES string of the molecule is CCOC(=O)C(OC)Oc1ccccc1.